The second kappa shape index (κ2) is 14.0. The number of rotatable bonds is 12. The van der Waals surface area contributed by atoms with E-state index in [2.05, 4.69) is 9.72 Å². The number of primary amides is 1. The number of nitrogens with zero attached hydrogens (tertiary/aromatic N) is 2. The molecule has 3 aromatic rings. The second-order valence-corrected chi connectivity index (χ2v) is 12.2. The minimum Gasteiger partial charge on any atom is -0.489 e. The molecule has 5 rings (SSSR count). The fourth-order valence-corrected chi connectivity index (χ4v) is 6.20. The Morgan fingerprint density at radius 3 is 2.34 bits per heavy atom. The van der Waals surface area contributed by atoms with E-state index >= 15 is 0 Å². The Balaban J connectivity index is 1.42. The first-order valence-electron chi connectivity index (χ1n) is 13.6. The number of esters is 1. The number of amides is 2. The zero-order valence-electron chi connectivity index (χ0n) is 23.1. The number of aromatic nitrogens is 1. The topological polar surface area (TPSA) is 121 Å². The van der Waals surface area contributed by atoms with Crippen LogP contribution in [0, 0.1) is 5.92 Å². The van der Waals surface area contributed by atoms with Crippen LogP contribution in [0.15, 0.2) is 54.9 Å². The van der Waals surface area contributed by atoms with E-state index in [4.69, 9.17) is 38.4 Å². The maximum atomic E-state index is 13.7. The van der Waals surface area contributed by atoms with Gasteiger partial charge in [-0.25, -0.2) is 4.79 Å². The normalized spacial score (nSPS) is 16.9. The molecule has 0 bridgehead atoms. The Bertz CT molecular complexity index is 1520. The summed E-state index contributed by atoms with van der Waals surface area (Å²) in [5.41, 5.74) is 6.68. The van der Waals surface area contributed by atoms with Crippen molar-refractivity contribution in [2.24, 2.45) is 11.7 Å². The predicted molar refractivity (Wildman–Crippen MR) is 160 cm³/mol. The van der Waals surface area contributed by atoms with Crippen molar-refractivity contribution < 1.29 is 37.4 Å². The molecule has 0 radical (unpaired) electrons. The van der Waals surface area contributed by atoms with E-state index in [1.54, 1.807) is 0 Å². The number of carbonyl (C=O) groups is 3. The lowest BCUT2D eigenvalue weighted by molar-refractivity contribution is -0.151. The standard InChI is InChI=1S/C30H27Cl2F2N3O6S/c31-21-13-36-14-22(32)20(21)12-24(19-7-8-23(43-30(33)34)25(11-19)41-15-16-1-2-16)42-29(40)28-37(9-10-44-28)27(39)18-5-3-17(4-6-18)26(35)38/h3-8,11,13-14,16,24,28,30H,1-2,9-10,12,15H2,(H2,35,38). The summed E-state index contributed by atoms with van der Waals surface area (Å²) in [6.07, 6.45) is 3.78. The van der Waals surface area contributed by atoms with Gasteiger partial charge in [-0.3, -0.25) is 14.6 Å². The Kier molecular flexibility index (Phi) is 10.1. The fourth-order valence-electron chi connectivity index (χ4n) is 4.58. The van der Waals surface area contributed by atoms with Crippen molar-refractivity contribution >= 4 is 52.7 Å². The molecule has 232 valence electrons. The second-order valence-electron chi connectivity index (χ2n) is 10.2. The Morgan fingerprint density at radius 2 is 1.70 bits per heavy atom. The van der Waals surface area contributed by atoms with Crippen LogP contribution >= 0.6 is 35.0 Å². The van der Waals surface area contributed by atoms with E-state index in [0.29, 0.717) is 29.4 Å². The molecule has 1 aromatic heterocycles. The van der Waals surface area contributed by atoms with Crippen molar-refractivity contribution in [3.8, 4) is 11.5 Å². The summed E-state index contributed by atoms with van der Waals surface area (Å²) in [6.45, 7) is -2.46. The van der Waals surface area contributed by atoms with Crippen LogP contribution in [-0.2, 0) is 16.0 Å². The van der Waals surface area contributed by atoms with Crippen LogP contribution < -0.4 is 15.2 Å². The fraction of sp³-hybridized carbons (Fsp3) is 0.333. The number of halogens is 4. The lowest BCUT2D eigenvalue weighted by Crippen LogP contribution is -2.40. The average molecular weight is 667 g/mol. The number of hydrogen-bond acceptors (Lipinski definition) is 8. The van der Waals surface area contributed by atoms with Crippen LogP contribution in [0.1, 0.15) is 50.8 Å². The Morgan fingerprint density at radius 1 is 1.02 bits per heavy atom. The molecule has 1 saturated heterocycles. The molecule has 2 aromatic carbocycles. The largest absolute Gasteiger partial charge is 0.489 e. The van der Waals surface area contributed by atoms with Crippen molar-refractivity contribution in [2.75, 3.05) is 18.9 Å². The van der Waals surface area contributed by atoms with Gasteiger partial charge in [-0.15, -0.1) is 11.8 Å². The molecular weight excluding hydrogens is 639 g/mol. The van der Waals surface area contributed by atoms with Gasteiger partial charge in [-0.05, 0) is 66.3 Å². The van der Waals surface area contributed by atoms with E-state index in [1.165, 1.54) is 71.5 Å². The molecule has 2 atom stereocenters. The number of alkyl halides is 2. The van der Waals surface area contributed by atoms with Gasteiger partial charge in [0, 0.05) is 42.2 Å². The highest BCUT2D eigenvalue weighted by Crippen LogP contribution is 2.39. The SMILES string of the molecule is NC(=O)c1ccc(C(=O)N2CCSC2C(=O)OC(Cc2c(Cl)cncc2Cl)c2ccc(OC(F)F)c(OCC3CC3)c2)cc1. The van der Waals surface area contributed by atoms with Gasteiger partial charge in [0.05, 0.1) is 16.7 Å². The van der Waals surface area contributed by atoms with Gasteiger partial charge in [0.1, 0.15) is 6.10 Å². The highest BCUT2D eigenvalue weighted by molar-refractivity contribution is 8.00. The van der Waals surface area contributed by atoms with Gasteiger partial charge in [0.2, 0.25) is 5.91 Å². The quantitative estimate of drug-likeness (QED) is 0.237. The van der Waals surface area contributed by atoms with Crippen LogP contribution in [0.25, 0.3) is 0 Å². The number of ether oxygens (including phenoxy) is 3. The van der Waals surface area contributed by atoms with Crippen LogP contribution in [-0.4, -0.2) is 58.6 Å². The third kappa shape index (κ3) is 7.72. The highest BCUT2D eigenvalue weighted by Gasteiger charge is 2.38. The molecular formula is C30H27Cl2F2N3O6S. The van der Waals surface area contributed by atoms with E-state index < -0.39 is 35.9 Å². The third-order valence-electron chi connectivity index (χ3n) is 7.10. The Labute approximate surface area is 265 Å². The van der Waals surface area contributed by atoms with Crippen molar-refractivity contribution in [1.82, 2.24) is 9.88 Å². The predicted octanol–water partition coefficient (Wildman–Crippen LogP) is 5.92. The van der Waals surface area contributed by atoms with E-state index in [1.807, 2.05) is 0 Å². The maximum Gasteiger partial charge on any atom is 0.387 e. The molecule has 1 aliphatic heterocycles. The van der Waals surface area contributed by atoms with E-state index in [-0.39, 0.29) is 45.6 Å². The highest BCUT2D eigenvalue weighted by atomic mass is 35.5. The van der Waals surface area contributed by atoms with Gasteiger partial charge in [-0.2, -0.15) is 8.78 Å². The van der Waals surface area contributed by atoms with Crippen molar-refractivity contribution in [2.45, 2.75) is 37.4 Å². The zero-order valence-corrected chi connectivity index (χ0v) is 25.4. The molecule has 44 heavy (non-hydrogen) atoms. The van der Waals surface area contributed by atoms with Crippen LogP contribution in [0.5, 0.6) is 11.5 Å². The first-order valence-corrected chi connectivity index (χ1v) is 15.4. The molecule has 1 aliphatic carbocycles. The van der Waals surface area contributed by atoms with Gasteiger partial charge in [0.25, 0.3) is 5.91 Å². The number of thioether (sulfide) groups is 1. The van der Waals surface area contributed by atoms with Crippen LogP contribution in [0.4, 0.5) is 8.78 Å². The molecule has 2 unspecified atom stereocenters. The first-order chi connectivity index (χ1) is 21.1. The lowest BCUT2D eigenvalue weighted by atomic mass is 10.0. The van der Waals surface area contributed by atoms with Crippen LogP contribution in [0.3, 0.4) is 0 Å². The Hall–Kier alpha value is -3.61. The average Bonchev–Trinajstić information content (AvgIpc) is 3.70. The monoisotopic (exact) mass is 665 g/mol. The van der Waals surface area contributed by atoms with Crippen molar-refractivity contribution in [3.63, 3.8) is 0 Å². The summed E-state index contributed by atoms with van der Waals surface area (Å²) in [4.78, 5) is 43.8. The number of pyridine rings is 1. The van der Waals surface area contributed by atoms with Gasteiger partial charge < -0.3 is 24.8 Å². The van der Waals surface area contributed by atoms with E-state index in [9.17, 15) is 23.2 Å². The summed E-state index contributed by atoms with van der Waals surface area (Å²) in [5, 5.41) is -0.489. The molecule has 9 nitrogen and oxygen atoms in total. The summed E-state index contributed by atoms with van der Waals surface area (Å²) >= 11 is 14.0. The minimum absolute atomic E-state index is 0.0168. The zero-order chi connectivity index (χ0) is 31.4. The number of hydrogen-bond donors (Lipinski definition) is 1. The number of nitrogens with two attached hydrogens (primary N) is 1. The van der Waals surface area contributed by atoms with Crippen molar-refractivity contribution in [3.05, 3.63) is 87.2 Å². The molecule has 14 heteroatoms. The summed E-state index contributed by atoms with van der Waals surface area (Å²) in [5.74, 6) is -1.01. The van der Waals surface area contributed by atoms with Gasteiger partial charge in [0.15, 0.2) is 16.9 Å². The summed E-state index contributed by atoms with van der Waals surface area (Å²) in [6, 6.07) is 10.1. The molecule has 2 fully saturated rings. The van der Waals surface area contributed by atoms with Crippen molar-refractivity contribution in [1.29, 1.82) is 0 Å². The smallest absolute Gasteiger partial charge is 0.387 e. The van der Waals surface area contributed by atoms with Gasteiger partial charge in [-0.1, -0.05) is 29.3 Å². The molecule has 1 saturated carbocycles. The molecule has 2 amide bonds. The molecule has 0 spiro atoms. The molecule has 2 heterocycles. The summed E-state index contributed by atoms with van der Waals surface area (Å²) < 4.78 is 42.8. The number of benzene rings is 2. The third-order valence-corrected chi connectivity index (χ3v) is 8.93. The minimum atomic E-state index is -3.07. The number of carbonyl (C=O) groups excluding carboxylic acids is 3. The first kappa shape index (κ1) is 31.8. The maximum absolute atomic E-state index is 13.7. The van der Waals surface area contributed by atoms with E-state index in [0.717, 1.165) is 12.8 Å². The van der Waals surface area contributed by atoms with Gasteiger partial charge >= 0.3 is 12.6 Å². The lowest BCUT2D eigenvalue weighted by Gasteiger charge is -2.26. The van der Waals surface area contributed by atoms with Crippen LogP contribution in [0.2, 0.25) is 10.0 Å². The molecule has 2 aliphatic rings. The summed E-state index contributed by atoms with van der Waals surface area (Å²) in [7, 11) is 0. The molecule has 2 N–H and O–H groups in total.